The van der Waals surface area contributed by atoms with Crippen molar-refractivity contribution in [3.63, 3.8) is 0 Å². The van der Waals surface area contributed by atoms with E-state index < -0.39 is 17.6 Å². The zero-order valence-corrected chi connectivity index (χ0v) is 27.4. The summed E-state index contributed by atoms with van der Waals surface area (Å²) in [5.41, 5.74) is 7.69. The molecule has 8 heteroatoms. The van der Waals surface area contributed by atoms with Gasteiger partial charge in [0, 0.05) is 43.9 Å². The van der Waals surface area contributed by atoms with Crippen LogP contribution in [0, 0.1) is 0 Å². The average Bonchev–Trinajstić information content (AvgIpc) is 3.54. The summed E-state index contributed by atoms with van der Waals surface area (Å²) >= 11 is 1.55. The predicted octanol–water partition coefficient (Wildman–Crippen LogP) is 5.38. The van der Waals surface area contributed by atoms with Gasteiger partial charge < -0.3 is 20.9 Å². The van der Waals surface area contributed by atoms with Crippen LogP contribution in [0.25, 0.3) is 10.8 Å². The van der Waals surface area contributed by atoms with E-state index in [1.807, 2.05) is 98.1 Å². The van der Waals surface area contributed by atoms with Crippen molar-refractivity contribution in [3.05, 3.63) is 118 Å². The number of likely N-dealkylation sites (N-methyl/N-ethyl adjacent to an activating group) is 2. The van der Waals surface area contributed by atoms with E-state index in [0.29, 0.717) is 32.2 Å². The number of amides is 3. The molecule has 236 valence electrons. The Balaban J connectivity index is 1.59. The van der Waals surface area contributed by atoms with Gasteiger partial charge in [-0.25, -0.2) is 0 Å². The highest BCUT2D eigenvalue weighted by molar-refractivity contribution is 7.09. The van der Waals surface area contributed by atoms with E-state index in [4.69, 9.17) is 5.73 Å². The van der Waals surface area contributed by atoms with Crippen molar-refractivity contribution in [2.75, 3.05) is 20.6 Å². The zero-order chi connectivity index (χ0) is 32.4. The van der Waals surface area contributed by atoms with Gasteiger partial charge in [-0.2, -0.15) is 0 Å². The van der Waals surface area contributed by atoms with Gasteiger partial charge in [-0.1, -0.05) is 84.9 Å². The summed E-state index contributed by atoms with van der Waals surface area (Å²) in [5, 5.41) is 7.17. The molecule has 3 aromatic carbocycles. The lowest BCUT2D eigenvalue weighted by Gasteiger charge is -2.34. The average molecular weight is 625 g/mol. The topological polar surface area (TPSA) is 95.7 Å². The Morgan fingerprint density at radius 2 is 1.56 bits per heavy atom. The molecule has 1 heterocycles. The summed E-state index contributed by atoms with van der Waals surface area (Å²) in [6.45, 7) is 4.24. The number of nitrogens with zero attached hydrogens (tertiary/aromatic N) is 2. The Morgan fingerprint density at radius 1 is 0.844 bits per heavy atom. The van der Waals surface area contributed by atoms with Crippen LogP contribution in [0.3, 0.4) is 0 Å². The van der Waals surface area contributed by atoms with E-state index in [-0.39, 0.29) is 17.7 Å². The second kappa shape index (κ2) is 15.6. The summed E-state index contributed by atoms with van der Waals surface area (Å²) in [5.74, 6) is -0.820. The van der Waals surface area contributed by atoms with Gasteiger partial charge in [0.25, 0.3) is 0 Å². The molecule has 0 aliphatic carbocycles. The van der Waals surface area contributed by atoms with Crippen molar-refractivity contribution in [2.24, 2.45) is 5.73 Å². The van der Waals surface area contributed by atoms with Crippen LogP contribution in [0.5, 0.6) is 0 Å². The number of rotatable bonds is 14. The molecule has 0 aliphatic rings. The SMILES string of the molecule is CN(C(=O)/C=C/CC(C)(C)N)C(Cc1ccc2ccccc2c1)C(=O)N(C)C(Cc1cccs1)C(=O)NCCc1ccccc1. The fourth-order valence-corrected chi connectivity index (χ4v) is 5.96. The standard InChI is InChI=1S/C37H44N4O3S/c1-37(2,38)21-10-17-34(42)40(3)33(25-28-18-19-29-14-8-9-15-30(29)24-28)36(44)41(4)32(26-31-16-11-23-45-31)35(43)39-22-20-27-12-6-5-7-13-27/h5-19,23-24,32-33H,20-22,25-26,38H2,1-4H3,(H,39,43)/b17-10+. The molecule has 2 unspecified atom stereocenters. The molecule has 0 fully saturated rings. The minimum atomic E-state index is -0.831. The highest BCUT2D eigenvalue weighted by atomic mass is 32.1. The van der Waals surface area contributed by atoms with Crippen molar-refractivity contribution < 1.29 is 14.4 Å². The summed E-state index contributed by atoms with van der Waals surface area (Å²) in [6.07, 6.45) is 5.11. The first-order valence-corrected chi connectivity index (χ1v) is 16.2. The third kappa shape index (κ3) is 9.86. The summed E-state index contributed by atoms with van der Waals surface area (Å²) in [4.78, 5) is 45.4. The number of benzene rings is 3. The van der Waals surface area contributed by atoms with Crippen molar-refractivity contribution in [3.8, 4) is 0 Å². The van der Waals surface area contributed by atoms with Crippen LogP contribution < -0.4 is 11.1 Å². The number of hydrogen-bond acceptors (Lipinski definition) is 5. The van der Waals surface area contributed by atoms with Gasteiger partial charge in [-0.3, -0.25) is 14.4 Å². The normalized spacial score (nSPS) is 13.0. The van der Waals surface area contributed by atoms with Crippen LogP contribution in [0.15, 0.2) is 102 Å². The van der Waals surface area contributed by atoms with E-state index in [2.05, 4.69) is 11.4 Å². The maximum Gasteiger partial charge on any atom is 0.246 e. The number of carbonyl (C=O) groups is 3. The van der Waals surface area contributed by atoms with E-state index in [0.717, 1.165) is 26.8 Å². The quantitative estimate of drug-likeness (QED) is 0.184. The van der Waals surface area contributed by atoms with Crippen molar-refractivity contribution in [1.82, 2.24) is 15.1 Å². The van der Waals surface area contributed by atoms with Gasteiger partial charge in [-0.05, 0) is 66.1 Å². The summed E-state index contributed by atoms with van der Waals surface area (Å²) in [7, 11) is 3.31. The van der Waals surface area contributed by atoms with E-state index in [1.165, 1.54) is 15.9 Å². The summed E-state index contributed by atoms with van der Waals surface area (Å²) in [6, 6.07) is 26.4. The fourth-order valence-electron chi connectivity index (χ4n) is 5.22. The third-order valence-electron chi connectivity index (χ3n) is 7.90. The highest BCUT2D eigenvalue weighted by Crippen LogP contribution is 2.21. The molecule has 4 aromatic rings. The van der Waals surface area contributed by atoms with Crippen molar-refractivity contribution >= 4 is 39.8 Å². The van der Waals surface area contributed by atoms with Gasteiger partial charge in [0.2, 0.25) is 17.7 Å². The molecule has 0 bridgehead atoms. The molecule has 0 saturated carbocycles. The first kappa shape index (κ1) is 33.6. The second-order valence-corrected chi connectivity index (χ2v) is 13.3. The van der Waals surface area contributed by atoms with E-state index in [1.54, 1.807) is 31.5 Å². The molecule has 1 aromatic heterocycles. The van der Waals surface area contributed by atoms with Gasteiger partial charge in [0.15, 0.2) is 0 Å². The number of carbonyl (C=O) groups excluding carboxylic acids is 3. The molecule has 7 nitrogen and oxygen atoms in total. The Labute approximate surface area is 270 Å². The Bertz CT molecular complexity index is 1590. The van der Waals surface area contributed by atoms with E-state index >= 15 is 0 Å². The van der Waals surface area contributed by atoms with Crippen LogP contribution in [0.2, 0.25) is 0 Å². The second-order valence-electron chi connectivity index (χ2n) is 12.2. The maximum atomic E-state index is 14.4. The van der Waals surface area contributed by atoms with Gasteiger partial charge in [-0.15, -0.1) is 11.3 Å². The van der Waals surface area contributed by atoms with Gasteiger partial charge in [0.05, 0.1) is 0 Å². The molecule has 45 heavy (non-hydrogen) atoms. The number of thiophene rings is 1. The summed E-state index contributed by atoms with van der Waals surface area (Å²) < 4.78 is 0. The molecule has 0 aliphatic heterocycles. The number of fused-ring (bicyclic) bond motifs is 1. The Morgan fingerprint density at radius 3 is 2.24 bits per heavy atom. The van der Waals surface area contributed by atoms with Crippen molar-refractivity contribution in [1.29, 1.82) is 0 Å². The first-order chi connectivity index (χ1) is 21.5. The predicted molar refractivity (Wildman–Crippen MR) is 184 cm³/mol. The molecular weight excluding hydrogens is 580 g/mol. The lowest BCUT2D eigenvalue weighted by atomic mass is 9.99. The molecule has 4 rings (SSSR count). The largest absolute Gasteiger partial charge is 0.354 e. The molecule has 3 amide bonds. The third-order valence-corrected chi connectivity index (χ3v) is 8.79. The number of nitrogens with two attached hydrogens (primary N) is 1. The molecular formula is C37H44N4O3S. The highest BCUT2D eigenvalue weighted by Gasteiger charge is 2.35. The lowest BCUT2D eigenvalue weighted by molar-refractivity contribution is -0.146. The zero-order valence-electron chi connectivity index (χ0n) is 26.6. The minimum absolute atomic E-state index is 0.223. The Hall–Kier alpha value is -4.27. The lowest BCUT2D eigenvalue weighted by Crippen LogP contribution is -2.56. The number of nitrogens with one attached hydrogen (secondary N) is 1. The molecule has 3 N–H and O–H groups in total. The first-order valence-electron chi connectivity index (χ1n) is 15.3. The van der Waals surface area contributed by atoms with Gasteiger partial charge >= 0.3 is 0 Å². The maximum absolute atomic E-state index is 14.4. The monoisotopic (exact) mass is 624 g/mol. The van der Waals surface area contributed by atoms with Crippen LogP contribution >= 0.6 is 11.3 Å². The minimum Gasteiger partial charge on any atom is -0.354 e. The molecule has 0 spiro atoms. The molecule has 0 radical (unpaired) electrons. The Kier molecular flexibility index (Phi) is 11.7. The smallest absolute Gasteiger partial charge is 0.246 e. The van der Waals surface area contributed by atoms with Crippen LogP contribution in [-0.2, 0) is 33.6 Å². The van der Waals surface area contributed by atoms with E-state index in [9.17, 15) is 14.4 Å². The van der Waals surface area contributed by atoms with Crippen LogP contribution in [0.1, 0.15) is 36.3 Å². The van der Waals surface area contributed by atoms with Crippen molar-refractivity contribution in [2.45, 2.75) is 57.2 Å². The molecule has 0 saturated heterocycles. The fraction of sp³-hybridized carbons (Fsp3) is 0.324. The van der Waals surface area contributed by atoms with Crippen LogP contribution in [-0.4, -0.2) is 65.8 Å². The number of hydrogen-bond donors (Lipinski definition) is 2. The van der Waals surface area contributed by atoms with Crippen LogP contribution in [0.4, 0.5) is 0 Å². The molecule has 2 atom stereocenters. The van der Waals surface area contributed by atoms with Gasteiger partial charge in [0.1, 0.15) is 12.1 Å².